The van der Waals surface area contributed by atoms with Gasteiger partial charge in [0, 0.05) is 25.2 Å². The van der Waals surface area contributed by atoms with E-state index < -0.39 is 0 Å². The first-order valence-corrected chi connectivity index (χ1v) is 5.91. The van der Waals surface area contributed by atoms with Gasteiger partial charge < -0.3 is 9.67 Å². The Bertz CT molecular complexity index is 299. The summed E-state index contributed by atoms with van der Waals surface area (Å²) in [7, 11) is 0. The van der Waals surface area contributed by atoms with Gasteiger partial charge in [-0.05, 0) is 27.7 Å². The zero-order chi connectivity index (χ0) is 12.1. The van der Waals surface area contributed by atoms with Crippen LogP contribution in [0.25, 0.3) is 0 Å². The second-order valence-corrected chi connectivity index (χ2v) is 4.66. The SMILES string of the molecule is CC(C)N(CCn1cncc1CO)C(C)C. The van der Waals surface area contributed by atoms with Crippen LogP contribution in [0, 0.1) is 0 Å². The van der Waals surface area contributed by atoms with Gasteiger partial charge in [-0.25, -0.2) is 4.98 Å². The summed E-state index contributed by atoms with van der Waals surface area (Å²) >= 11 is 0. The Morgan fingerprint density at radius 2 is 1.94 bits per heavy atom. The molecule has 0 aliphatic rings. The van der Waals surface area contributed by atoms with E-state index in [1.54, 1.807) is 12.5 Å². The van der Waals surface area contributed by atoms with Crippen molar-refractivity contribution in [2.75, 3.05) is 6.54 Å². The van der Waals surface area contributed by atoms with Crippen LogP contribution in [-0.4, -0.2) is 38.2 Å². The highest BCUT2D eigenvalue weighted by atomic mass is 16.3. The van der Waals surface area contributed by atoms with Crippen LogP contribution in [0.1, 0.15) is 33.4 Å². The lowest BCUT2D eigenvalue weighted by molar-refractivity contribution is 0.166. The molecular weight excluding hydrogens is 202 g/mol. The van der Waals surface area contributed by atoms with Crippen LogP contribution in [0.15, 0.2) is 12.5 Å². The smallest absolute Gasteiger partial charge is 0.0949 e. The molecule has 4 heteroatoms. The van der Waals surface area contributed by atoms with Crippen LogP contribution in [0.2, 0.25) is 0 Å². The van der Waals surface area contributed by atoms with Gasteiger partial charge in [0.05, 0.1) is 24.8 Å². The molecule has 0 radical (unpaired) electrons. The summed E-state index contributed by atoms with van der Waals surface area (Å²) in [6.45, 7) is 10.8. The molecule has 0 saturated heterocycles. The van der Waals surface area contributed by atoms with Crippen LogP contribution in [0.3, 0.4) is 0 Å². The second kappa shape index (κ2) is 6.01. The number of hydrogen-bond donors (Lipinski definition) is 1. The van der Waals surface area contributed by atoms with Gasteiger partial charge in [0.1, 0.15) is 0 Å². The summed E-state index contributed by atoms with van der Waals surface area (Å²) in [6.07, 6.45) is 3.50. The quantitative estimate of drug-likeness (QED) is 0.797. The highest BCUT2D eigenvalue weighted by molar-refractivity contribution is 4.96. The first-order chi connectivity index (χ1) is 7.56. The monoisotopic (exact) mass is 225 g/mol. The van der Waals surface area contributed by atoms with Crippen molar-refractivity contribution >= 4 is 0 Å². The first kappa shape index (κ1) is 13.2. The van der Waals surface area contributed by atoms with Gasteiger partial charge in [-0.3, -0.25) is 4.90 Å². The Labute approximate surface area is 97.9 Å². The minimum atomic E-state index is 0.0589. The number of hydrogen-bond acceptors (Lipinski definition) is 3. The second-order valence-electron chi connectivity index (χ2n) is 4.66. The largest absolute Gasteiger partial charge is 0.390 e. The van der Waals surface area contributed by atoms with E-state index in [4.69, 9.17) is 5.11 Å². The molecule has 0 spiro atoms. The van der Waals surface area contributed by atoms with Crippen LogP contribution in [0.5, 0.6) is 0 Å². The minimum Gasteiger partial charge on any atom is -0.390 e. The lowest BCUT2D eigenvalue weighted by atomic mass is 10.2. The highest BCUT2D eigenvalue weighted by Gasteiger charge is 2.13. The Balaban J connectivity index is 2.55. The van der Waals surface area contributed by atoms with Crippen LogP contribution in [0.4, 0.5) is 0 Å². The molecule has 0 atom stereocenters. The molecule has 0 amide bonds. The lowest BCUT2D eigenvalue weighted by Gasteiger charge is -2.30. The van der Waals surface area contributed by atoms with Gasteiger partial charge in [0.15, 0.2) is 0 Å². The molecular formula is C12H23N3O. The van der Waals surface area contributed by atoms with Gasteiger partial charge in [-0.15, -0.1) is 0 Å². The van der Waals surface area contributed by atoms with E-state index in [-0.39, 0.29) is 6.61 Å². The number of nitrogens with zero attached hydrogens (tertiary/aromatic N) is 3. The highest BCUT2D eigenvalue weighted by Crippen LogP contribution is 2.06. The molecule has 16 heavy (non-hydrogen) atoms. The van der Waals surface area contributed by atoms with E-state index in [0.29, 0.717) is 12.1 Å². The number of aromatic nitrogens is 2. The number of imidazole rings is 1. The van der Waals surface area contributed by atoms with Crippen molar-refractivity contribution in [1.29, 1.82) is 0 Å². The number of aliphatic hydroxyl groups excluding tert-OH is 1. The fraction of sp³-hybridized carbons (Fsp3) is 0.750. The fourth-order valence-corrected chi connectivity index (χ4v) is 2.02. The Morgan fingerprint density at radius 3 is 2.44 bits per heavy atom. The molecule has 0 aromatic carbocycles. The van der Waals surface area contributed by atoms with E-state index >= 15 is 0 Å². The van der Waals surface area contributed by atoms with Crippen molar-refractivity contribution in [1.82, 2.24) is 14.5 Å². The maximum absolute atomic E-state index is 9.12. The molecule has 1 rings (SSSR count). The molecule has 0 unspecified atom stereocenters. The van der Waals surface area contributed by atoms with Gasteiger partial charge in [-0.1, -0.05) is 0 Å². The van der Waals surface area contributed by atoms with Crippen molar-refractivity contribution in [3.8, 4) is 0 Å². The summed E-state index contributed by atoms with van der Waals surface area (Å²) in [5.41, 5.74) is 0.882. The summed E-state index contributed by atoms with van der Waals surface area (Å²) in [6, 6.07) is 1.09. The molecule has 0 bridgehead atoms. The Hall–Kier alpha value is -0.870. The maximum atomic E-state index is 9.12. The first-order valence-electron chi connectivity index (χ1n) is 5.91. The molecule has 0 aliphatic carbocycles. The zero-order valence-corrected chi connectivity index (χ0v) is 10.7. The van der Waals surface area contributed by atoms with Gasteiger partial charge in [0.25, 0.3) is 0 Å². The van der Waals surface area contributed by atoms with Crippen LogP contribution in [-0.2, 0) is 13.2 Å². The van der Waals surface area contributed by atoms with E-state index in [0.717, 1.165) is 18.8 Å². The predicted molar refractivity (Wildman–Crippen MR) is 65.1 cm³/mol. The summed E-state index contributed by atoms with van der Waals surface area (Å²) < 4.78 is 2.01. The summed E-state index contributed by atoms with van der Waals surface area (Å²) in [5.74, 6) is 0. The third-order valence-electron chi connectivity index (χ3n) is 2.89. The van der Waals surface area contributed by atoms with Crippen molar-refractivity contribution in [3.63, 3.8) is 0 Å². The number of aliphatic hydroxyl groups is 1. The lowest BCUT2D eigenvalue weighted by Crippen LogP contribution is -2.39. The van der Waals surface area contributed by atoms with Crippen molar-refractivity contribution in [2.24, 2.45) is 0 Å². The van der Waals surface area contributed by atoms with E-state index in [1.807, 2.05) is 4.57 Å². The van der Waals surface area contributed by atoms with E-state index in [2.05, 4.69) is 37.6 Å². The normalized spacial score (nSPS) is 12.0. The summed E-state index contributed by atoms with van der Waals surface area (Å²) in [5, 5.41) is 9.12. The topological polar surface area (TPSA) is 41.3 Å². The Kier molecular flexibility index (Phi) is 4.96. The molecule has 4 nitrogen and oxygen atoms in total. The maximum Gasteiger partial charge on any atom is 0.0949 e. The van der Waals surface area contributed by atoms with E-state index in [1.165, 1.54) is 0 Å². The van der Waals surface area contributed by atoms with Crippen molar-refractivity contribution < 1.29 is 5.11 Å². The third-order valence-corrected chi connectivity index (χ3v) is 2.89. The molecule has 92 valence electrons. The van der Waals surface area contributed by atoms with E-state index in [9.17, 15) is 0 Å². The third kappa shape index (κ3) is 3.32. The average Bonchev–Trinajstić information content (AvgIpc) is 2.64. The van der Waals surface area contributed by atoms with Crippen molar-refractivity contribution in [3.05, 3.63) is 18.2 Å². The molecule has 1 N–H and O–H groups in total. The van der Waals surface area contributed by atoms with Gasteiger partial charge in [0.2, 0.25) is 0 Å². The van der Waals surface area contributed by atoms with Gasteiger partial charge in [-0.2, -0.15) is 0 Å². The van der Waals surface area contributed by atoms with Crippen molar-refractivity contribution in [2.45, 2.75) is 52.9 Å². The molecule has 0 fully saturated rings. The standard InChI is InChI=1S/C12H23N3O/c1-10(2)15(11(3)4)6-5-14-9-13-7-12(14)8-16/h7,9-11,16H,5-6,8H2,1-4H3. The molecule has 1 aromatic rings. The Morgan fingerprint density at radius 1 is 1.31 bits per heavy atom. The van der Waals surface area contributed by atoms with Gasteiger partial charge >= 0.3 is 0 Å². The average molecular weight is 225 g/mol. The van der Waals surface area contributed by atoms with Crippen LogP contribution >= 0.6 is 0 Å². The molecule has 0 saturated carbocycles. The molecule has 0 aliphatic heterocycles. The summed E-state index contributed by atoms with van der Waals surface area (Å²) in [4.78, 5) is 6.48. The van der Waals surface area contributed by atoms with Crippen LogP contribution < -0.4 is 0 Å². The fourth-order valence-electron chi connectivity index (χ4n) is 2.02. The minimum absolute atomic E-state index is 0.0589. The zero-order valence-electron chi connectivity index (χ0n) is 10.7. The predicted octanol–water partition coefficient (Wildman–Crippen LogP) is 1.49. The molecule has 1 heterocycles. The molecule has 1 aromatic heterocycles. The number of rotatable bonds is 6.